The van der Waals surface area contributed by atoms with Crippen molar-refractivity contribution in [2.24, 2.45) is 0 Å². The Morgan fingerprint density at radius 1 is 1.00 bits per heavy atom. The van der Waals surface area contributed by atoms with Gasteiger partial charge >= 0.3 is 5.97 Å². The van der Waals surface area contributed by atoms with E-state index in [0.29, 0.717) is 11.1 Å². The van der Waals surface area contributed by atoms with Crippen molar-refractivity contribution in [3.05, 3.63) is 70.6 Å². The molecular formula is C22H22N2O7S. The van der Waals surface area contributed by atoms with Gasteiger partial charge in [-0.15, -0.1) is 0 Å². The monoisotopic (exact) mass is 458 g/mol. The standard InChI is InChI=1S/C22H22N2O7S/c1-13(2)24-32(28,29)16-10-8-15(9-11-16)23-21(26)14(3)30-22(27)20-12-18(25)17-6-4-5-7-19(17)31-20/h4-14,24H,1-3H3,(H,23,26). The van der Waals surface area contributed by atoms with E-state index in [1.165, 1.54) is 31.2 Å². The number of hydrogen-bond donors (Lipinski definition) is 2. The van der Waals surface area contributed by atoms with Crippen molar-refractivity contribution in [2.75, 3.05) is 5.32 Å². The number of rotatable bonds is 7. The molecule has 0 spiro atoms. The molecule has 1 amide bonds. The van der Waals surface area contributed by atoms with Crippen molar-refractivity contribution >= 4 is 38.6 Å². The molecule has 3 aromatic rings. The number of para-hydroxylation sites is 1. The van der Waals surface area contributed by atoms with Crippen molar-refractivity contribution in [1.82, 2.24) is 4.72 Å². The predicted octanol–water partition coefficient (Wildman–Crippen LogP) is 2.66. The first-order chi connectivity index (χ1) is 15.1. The van der Waals surface area contributed by atoms with Crippen LogP contribution in [0.4, 0.5) is 5.69 Å². The zero-order valence-corrected chi connectivity index (χ0v) is 18.4. The Kier molecular flexibility index (Phi) is 6.75. The summed E-state index contributed by atoms with van der Waals surface area (Å²) in [5, 5.41) is 2.86. The van der Waals surface area contributed by atoms with E-state index in [2.05, 4.69) is 10.0 Å². The lowest BCUT2D eigenvalue weighted by atomic mass is 10.2. The van der Waals surface area contributed by atoms with Crippen LogP contribution >= 0.6 is 0 Å². The minimum absolute atomic E-state index is 0.0509. The van der Waals surface area contributed by atoms with Gasteiger partial charge in [0.15, 0.2) is 11.5 Å². The maximum atomic E-state index is 12.4. The molecule has 0 fully saturated rings. The number of hydrogen-bond acceptors (Lipinski definition) is 7. The highest BCUT2D eigenvalue weighted by Gasteiger charge is 2.22. The van der Waals surface area contributed by atoms with Crippen LogP contribution in [-0.2, 0) is 19.6 Å². The summed E-state index contributed by atoms with van der Waals surface area (Å²) in [6.45, 7) is 4.77. The minimum atomic E-state index is -3.65. The molecule has 168 valence electrons. The summed E-state index contributed by atoms with van der Waals surface area (Å²) < 4.78 is 37.3. The van der Waals surface area contributed by atoms with Gasteiger partial charge < -0.3 is 14.5 Å². The number of carbonyl (C=O) groups is 2. The maximum absolute atomic E-state index is 12.4. The first kappa shape index (κ1) is 23.2. The second kappa shape index (κ2) is 9.33. The summed E-state index contributed by atoms with van der Waals surface area (Å²) in [4.78, 5) is 36.9. The second-order valence-corrected chi connectivity index (χ2v) is 9.02. The number of sulfonamides is 1. The highest BCUT2D eigenvalue weighted by Crippen LogP contribution is 2.16. The van der Waals surface area contributed by atoms with Crippen LogP contribution in [-0.4, -0.2) is 32.4 Å². The zero-order chi connectivity index (χ0) is 23.5. The van der Waals surface area contributed by atoms with Gasteiger partial charge in [0.1, 0.15) is 5.58 Å². The quantitative estimate of drug-likeness (QED) is 0.520. The van der Waals surface area contributed by atoms with Crippen molar-refractivity contribution in [1.29, 1.82) is 0 Å². The number of ether oxygens (including phenoxy) is 1. The number of anilines is 1. The van der Waals surface area contributed by atoms with Gasteiger partial charge in [0.25, 0.3) is 5.91 Å². The van der Waals surface area contributed by atoms with Crippen molar-refractivity contribution < 1.29 is 27.2 Å². The molecule has 0 aliphatic carbocycles. The van der Waals surface area contributed by atoms with Crippen LogP contribution in [0.15, 0.2) is 68.7 Å². The van der Waals surface area contributed by atoms with E-state index in [1.807, 2.05) is 0 Å². The molecule has 10 heteroatoms. The highest BCUT2D eigenvalue weighted by molar-refractivity contribution is 7.89. The van der Waals surface area contributed by atoms with Gasteiger partial charge in [0.05, 0.1) is 10.3 Å². The second-order valence-electron chi connectivity index (χ2n) is 7.31. The first-order valence-corrected chi connectivity index (χ1v) is 11.2. The van der Waals surface area contributed by atoms with E-state index in [9.17, 15) is 22.8 Å². The number of benzene rings is 2. The third-order valence-electron chi connectivity index (χ3n) is 4.31. The molecule has 32 heavy (non-hydrogen) atoms. The smallest absolute Gasteiger partial charge is 0.375 e. The third-order valence-corrected chi connectivity index (χ3v) is 5.99. The van der Waals surface area contributed by atoms with Gasteiger partial charge in [-0.2, -0.15) is 0 Å². The Hall–Kier alpha value is -3.50. The van der Waals surface area contributed by atoms with Crippen LogP contribution in [0, 0.1) is 0 Å². The zero-order valence-electron chi connectivity index (χ0n) is 17.6. The summed E-state index contributed by atoms with van der Waals surface area (Å²) >= 11 is 0. The Balaban J connectivity index is 1.66. The van der Waals surface area contributed by atoms with E-state index in [-0.39, 0.29) is 22.3 Å². The van der Waals surface area contributed by atoms with Gasteiger partial charge in [-0.1, -0.05) is 12.1 Å². The largest absolute Gasteiger partial charge is 0.449 e. The lowest BCUT2D eigenvalue weighted by molar-refractivity contribution is -0.123. The predicted molar refractivity (Wildman–Crippen MR) is 118 cm³/mol. The van der Waals surface area contributed by atoms with E-state index >= 15 is 0 Å². The van der Waals surface area contributed by atoms with Crippen LogP contribution in [0.25, 0.3) is 11.0 Å². The summed E-state index contributed by atoms with van der Waals surface area (Å²) in [6.07, 6.45) is -1.20. The summed E-state index contributed by atoms with van der Waals surface area (Å²) in [5.41, 5.74) is 0.141. The van der Waals surface area contributed by atoms with Crippen LogP contribution in [0.2, 0.25) is 0 Å². The molecule has 0 aliphatic rings. The summed E-state index contributed by atoms with van der Waals surface area (Å²) in [5.74, 6) is -1.92. The number of amides is 1. The van der Waals surface area contributed by atoms with Gasteiger partial charge in [-0.3, -0.25) is 9.59 Å². The van der Waals surface area contributed by atoms with Gasteiger partial charge in [0.2, 0.25) is 15.8 Å². The molecule has 0 saturated carbocycles. The number of carbonyl (C=O) groups excluding carboxylic acids is 2. The summed E-state index contributed by atoms with van der Waals surface area (Å²) in [7, 11) is -3.65. The fourth-order valence-corrected chi connectivity index (χ4v) is 4.07. The molecule has 0 radical (unpaired) electrons. The fraction of sp³-hybridized carbons (Fsp3) is 0.227. The average molecular weight is 458 g/mol. The topological polar surface area (TPSA) is 132 Å². The Morgan fingerprint density at radius 3 is 2.31 bits per heavy atom. The molecule has 1 heterocycles. The Morgan fingerprint density at radius 2 is 1.66 bits per heavy atom. The maximum Gasteiger partial charge on any atom is 0.375 e. The van der Waals surface area contributed by atoms with Gasteiger partial charge in [-0.05, 0) is 57.2 Å². The normalized spacial score (nSPS) is 12.5. The minimum Gasteiger partial charge on any atom is -0.449 e. The van der Waals surface area contributed by atoms with E-state index in [0.717, 1.165) is 6.07 Å². The van der Waals surface area contributed by atoms with E-state index < -0.39 is 33.4 Å². The Bertz CT molecular complexity index is 1310. The highest BCUT2D eigenvalue weighted by atomic mass is 32.2. The van der Waals surface area contributed by atoms with Crippen molar-refractivity contribution in [3.63, 3.8) is 0 Å². The first-order valence-electron chi connectivity index (χ1n) is 9.74. The molecule has 0 bridgehead atoms. The molecule has 0 aliphatic heterocycles. The third kappa shape index (κ3) is 5.40. The fourth-order valence-electron chi connectivity index (χ4n) is 2.82. The van der Waals surface area contributed by atoms with Gasteiger partial charge in [-0.25, -0.2) is 17.9 Å². The van der Waals surface area contributed by atoms with Gasteiger partial charge in [0, 0.05) is 17.8 Å². The van der Waals surface area contributed by atoms with Crippen molar-refractivity contribution in [3.8, 4) is 0 Å². The van der Waals surface area contributed by atoms with Crippen LogP contribution in [0.5, 0.6) is 0 Å². The molecule has 1 unspecified atom stereocenters. The molecule has 2 N–H and O–H groups in total. The van der Waals surface area contributed by atoms with Crippen LogP contribution in [0.1, 0.15) is 31.3 Å². The number of fused-ring (bicyclic) bond motifs is 1. The molecule has 1 aromatic heterocycles. The van der Waals surface area contributed by atoms with Crippen LogP contribution in [0.3, 0.4) is 0 Å². The summed E-state index contributed by atoms with van der Waals surface area (Å²) in [6, 6.07) is 12.7. The average Bonchev–Trinajstić information content (AvgIpc) is 2.73. The molecular weight excluding hydrogens is 436 g/mol. The van der Waals surface area contributed by atoms with E-state index in [1.54, 1.807) is 38.1 Å². The van der Waals surface area contributed by atoms with E-state index in [4.69, 9.17) is 9.15 Å². The molecule has 0 saturated heterocycles. The molecule has 1 atom stereocenters. The molecule has 3 rings (SSSR count). The van der Waals surface area contributed by atoms with Crippen molar-refractivity contribution in [2.45, 2.75) is 37.8 Å². The lowest BCUT2D eigenvalue weighted by Gasteiger charge is -2.14. The number of esters is 1. The number of nitrogens with one attached hydrogen (secondary N) is 2. The van der Waals surface area contributed by atoms with Crippen LogP contribution < -0.4 is 15.5 Å². The molecule has 2 aromatic carbocycles. The SMILES string of the molecule is CC(C)NS(=O)(=O)c1ccc(NC(=O)C(C)OC(=O)c2cc(=O)c3ccccc3o2)cc1. The molecule has 9 nitrogen and oxygen atoms in total. The lowest BCUT2D eigenvalue weighted by Crippen LogP contribution is -2.31. The Labute approximate surface area is 184 Å².